The predicted molar refractivity (Wildman–Crippen MR) is 79.2 cm³/mol. The molecule has 0 heterocycles. The molecule has 0 aliphatic carbocycles. The summed E-state index contributed by atoms with van der Waals surface area (Å²) < 4.78 is 10.7. The third-order valence-corrected chi connectivity index (χ3v) is 8.19. The fourth-order valence-corrected chi connectivity index (χ4v) is 2.54. The Labute approximate surface area is 117 Å². The van der Waals surface area contributed by atoms with Gasteiger partial charge in [0.2, 0.25) is 8.32 Å². The monoisotopic (exact) mass is 288 g/mol. The molecule has 0 saturated heterocycles. The van der Waals surface area contributed by atoms with Gasteiger partial charge in [-0.15, -0.1) is 0 Å². The first-order chi connectivity index (χ1) is 8.47. The molecule has 2 atom stereocenters. The fourth-order valence-electron chi connectivity index (χ4n) is 1.34. The minimum atomic E-state index is -1.97. The number of rotatable bonds is 5. The van der Waals surface area contributed by atoms with Crippen LogP contribution in [0.3, 0.4) is 0 Å². The Bertz CT molecular complexity index is 342. The van der Waals surface area contributed by atoms with E-state index in [2.05, 4.69) is 38.6 Å². The molecule has 0 fully saturated rings. The molecule has 0 rings (SSSR count). The number of carbonyl (C=O) groups is 1. The molecule has 2 unspecified atom stereocenters. The Kier molecular flexibility index (Phi) is 6.29. The summed E-state index contributed by atoms with van der Waals surface area (Å²) in [4.78, 5) is 11.4. The molecule has 0 saturated carbocycles. The minimum absolute atomic E-state index is 0.0667. The number of hydrogen-bond acceptors (Lipinski definition) is 4. The molecule has 112 valence electrons. The molecule has 4 nitrogen and oxygen atoms in total. The Balaban J connectivity index is 5.02. The third-order valence-electron chi connectivity index (χ3n) is 3.83. The van der Waals surface area contributed by atoms with Crippen LogP contribution in [-0.2, 0) is 14.0 Å². The van der Waals surface area contributed by atoms with Crippen LogP contribution in [0.2, 0.25) is 18.1 Å². The van der Waals surface area contributed by atoms with Gasteiger partial charge in [-0.25, -0.2) is 4.79 Å². The van der Waals surface area contributed by atoms with Gasteiger partial charge in [0.1, 0.15) is 0 Å². The average Bonchev–Trinajstić information content (AvgIpc) is 2.31. The van der Waals surface area contributed by atoms with Gasteiger partial charge in [-0.1, -0.05) is 33.8 Å². The van der Waals surface area contributed by atoms with Crippen LogP contribution in [0.5, 0.6) is 0 Å². The third kappa shape index (κ3) is 4.65. The highest BCUT2D eigenvalue weighted by Gasteiger charge is 2.41. The number of methoxy groups -OCH3 is 1. The Morgan fingerprint density at radius 1 is 1.32 bits per heavy atom. The lowest BCUT2D eigenvalue weighted by molar-refractivity contribution is -0.152. The Morgan fingerprint density at radius 2 is 1.79 bits per heavy atom. The molecule has 0 aliphatic rings. The second-order valence-electron chi connectivity index (χ2n) is 6.31. The number of aliphatic hydroxyl groups is 1. The predicted octanol–water partition coefficient (Wildman–Crippen LogP) is 3.08. The summed E-state index contributed by atoms with van der Waals surface area (Å²) in [5.41, 5.74) is 0. The van der Waals surface area contributed by atoms with E-state index in [0.29, 0.717) is 5.76 Å². The maximum atomic E-state index is 11.4. The van der Waals surface area contributed by atoms with E-state index in [9.17, 15) is 9.90 Å². The molecule has 5 heteroatoms. The highest BCUT2D eigenvalue weighted by Crippen LogP contribution is 2.39. The summed E-state index contributed by atoms with van der Waals surface area (Å²) in [5.74, 6) is -0.387. The zero-order chi connectivity index (χ0) is 15.4. The van der Waals surface area contributed by atoms with E-state index in [1.54, 1.807) is 6.92 Å². The summed E-state index contributed by atoms with van der Waals surface area (Å²) in [7, 11) is -0.708. The van der Waals surface area contributed by atoms with Crippen LogP contribution >= 0.6 is 0 Å². The van der Waals surface area contributed by atoms with E-state index in [4.69, 9.17) is 4.43 Å². The summed E-state index contributed by atoms with van der Waals surface area (Å²) in [6.07, 6.45) is 0.623. The van der Waals surface area contributed by atoms with Gasteiger partial charge >= 0.3 is 5.97 Å². The van der Waals surface area contributed by atoms with E-state index < -0.39 is 26.3 Å². The molecule has 0 bridgehead atoms. The normalized spacial score (nSPS) is 16.8. The molecule has 0 radical (unpaired) electrons. The standard InChI is InChI=1S/C14H28O4Si/c1-9-11(10(2)12(15)13(16)17-6)18-19(7,8)14(3,4)5/h9-10,12,15H,1-8H3. The van der Waals surface area contributed by atoms with E-state index in [0.717, 1.165) is 0 Å². The van der Waals surface area contributed by atoms with Crippen molar-refractivity contribution in [3.8, 4) is 0 Å². The van der Waals surface area contributed by atoms with Crippen molar-refractivity contribution in [1.29, 1.82) is 0 Å². The first kappa shape index (κ1) is 18.2. The molecule has 0 aromatic carbocycles. The fraction of sp³-hybridized carbons (Fsp3) is 0.786. The van der Waals surface area contributed by atoms with Gasteiger partial charge in [0, 0.05) is 5.92 Å². The molecule has 0 aromatic heterocycles. The number of hydrogen-bond donors (Lipinski definition) is 1. The van der Waals surface area contributed by atoms with Crippen molar-refractivity contribution < 1.29 is 19.1 Å². The van der Waals surface area contributed by atoms with Crippen LogP contribution in [0.25, 0.3) is 0 Å². The smallest absolute Gasteiger partial charge is 0.335 e. The Morgan fingerprint density at radius 3 is 2.11 bits per heavy atom. The SMILES string of the molecule is CC=C(O[Si](C)(C)C(C)(C)C)C(C)C(O)C(=O)OC. The first-order valence-corrected chi connectivity index (χ1v) is 9.50. The highest BCUT2D eigenvalue weighted by atomic mass is 28.4. The summed E-state index contributed by atoms with van der Waals surface area (Å²) >= 11 is 0. The zero-order valence-electron chi connectivity index (χ0n) is 13.4. The number of esters is 1. The molecular formula is C14H28O4Si. The van der Waals surface area contributed by atoms with Gasteiger partial charge in [0.05, 0.1) is 12.9 Å². The average molecular weight is 288 g/mol. The van der Waals surface area contributed by atoms with Crippen molar-refractivity contribution in [1.82, 2.24) is 0 Å². The van der Waals surface area contributed by atoms with Crippen molar-refractivity contribution in [2.45, 2.75) is 58.9 Å². The van der Waals surface area contributed by atoms with Crippen LogP contribution in [0.15, 0.2) is 11.8 Å². The van der Waals surface area contributed by atoms with Crippen LogP contribution in [0.1, 0.15) is 34.6 Å². The lowest BCUT2D eigenvalue weighted by atomic mass is 10.0. The number of ether oxygens (including phenoxy) is 1. The van der Waals surface area contributed by atoms with Crippen LogP contribution in [0, 0.1) is 5.92 Å². The van der Waals surface area contributed by atoms with Gasteiger partial charge in [-0.2, -0.15) is 0 Å². The van der Waals surface area contributed by atoms with Crippen molar-refractivity contribution in [3.05, 3.63) is 11.8 Å². The molecular weight excluding hydrogens is 260 g/mol. The summed E-state index contributed by atoms with van der Waals surface area (Å²) in [6, 6.07) is 0. The van der Waals surface area contributed by atoms with Gasteiger partial charge < -0.3 is 14.3 Å². The summed E-state index contributed by atoms with van der Waals surface area (Å²) in [6.45, 7) is 14.3. The van der Waals surface area contributed by atoms with Gasteiger partial charge in [0.25, 0.3) is 0 Å². The van der Waals surface area contributed by atoms with E-state index in [1.807, 2.05) is 13.0 Å². The molecule has 0 amide bonds. The van der Waals surface area contributed by atoms with Crippen molar-refractivity contribution in [2.24, 2.45) is 5.92 Å². The second kappa shape index (κ2) is 6.57. The van der Waals surface area contributed by atoms with Crippen LogP contribution in [-0.4, -0.2) is 32.6 Å². The van der Waals surface area contributed by atoms with Crippen molar-refractivity contribution in [2.75, 3.05) is 7.11 Å². The maximum absolute atomic E-state index is 11.4. The van der Waals surface area contributed by atoms with Gasteiger partial charge in [-0.05, 0) is 25.1 Å². The van der Waals surface area contributed by atoms with Crippen LogP contribution < -0.4 is 0 Å². The lowest BCUT2D eigenvalue weighted by Crippen LogP contribution is -2.42. The van der Waals surface area contributed by atoms with Crippen LogP contribution in [0.4, 0.5) is 0 Å². The first-order valence-electron chi connectivity index (χ1n) is 6.59. The number of allylic oxidation sites excluding steroid dienone is 1. The molecule has 0 aromatic rings. The molecule has 19 heavy (non-hydrogen) atoms. The van der Waals surface area contributed by atoms with E-state index in [1.165, 1.54) is 7.11 Å². The van der Waals surface area contributed by atoms with E-state index in [-0.39, 0.29) is 5.04 Å². The van der Waals surface area contributed by atoms with Crippen molar-refractivity contribution in [3.63, 3.8) is 0 Å². The number of carbonyl (C=O) groups excluding carboxylic acids is 1. The van der Waals surface area contributed by atoms with Crippen molar-refractivity contribution >= 4 is 14.3 Å². The Hall–Kier alpha value is -0.813. The lowest BCUT2D eigenvalue weighted by Gasteiger charge is -2.38. The highest BCUT2D eigenvalue weighted by molar-refractivity contribution is 6.74. The maximum Gasteiger partial charge on any atom is 0.335 e. The quantitative estimate of drug-likeness (QED) is 0.480. The summed E-state index contributed by atoms with van der Waals surface area (Å²) in [5, 5.41) is 9.97. The topological polar surface area (TPSA) is 55.8 Å². The molecule has 0 spiro atoms. The van der Waals surface area contributed by atoms with Gasteiger partial charge in [0.15, 0.2) is 6.10 Å². The molecule has 0 aliphatic heterocycles. The second-order valence-corrected chi connectivity index (χ2v) is 11.0. The van der Waals surface area contributed by atoms with Gasteiger partial charge in [-0.3, -0.25) is 0 Å². The largest absolute Gasteiger partial charge is 0.546 e. The van der Waals surface area contributed by atoms with E-state index >= 15 is 0 Å². The minimum Gasteiger partial charge on any atom is -0.546 e. The molecule has 1 N–H and O–H groups in total. The number of aliphatic hydroxyl groups excluding tert-OH is 1. The zero-order valence-corrected chi connectivity index (χ0v) is 14.4.